The fourth-order valence-electron chi connectivity index (χ4n) is 0.570. The van der Waals surface area contributed by atoms with Gasteiger partial charge in [0, 0.05) is 6.20 Å². The van der Waals surface area contributed by atoms with Crippen molar-refractivity contribution in [3.05, 3.63) is 26.9 Å². The SMILES string of the molecule is O=C(Cl)c1ccnc(Br)c1Br. The van der Waals surface area contributed by atoms with Gasteiger partial charge in [-0.15, -0.1) is 0 Å². The largest absolute Gasteiger partial charge is 0.276 e. The minimum absolute atomic E-state index is 0.411. The number of hydrogen-bond acceptors (Lipinski definition) is 2. The number of halogens is 3. The summed E-state index contributed by atoms with van der Waals surface area (Å²) in [5, 5.41) is -0.500. The Hall–Kier alpha value is 0.0700. The quantitative estimate of drug-likeness (QED) is 0.589. The molecule has 0 bridgehead atoms. The number of carbonyl (C=O) groups is 1. The van der Waals surface area contributed by atoms with Crippen molar-refractivity contribution in [1.29, 1.82) is 0 Å². The van der Waals surface area contributed by atoms with E-state index < -0.39 is 5.24 Å². The van der Waals surface area contributed by atoms with Crippen LogP contribution >= 0.6 is 43.5 Å². The summed E-state index contributed by atoms with van der Waals surface area (Å²) in [6, 6.07) is 1.55. The standard InChI is InChI=1S/C6H2Br2ClNO/c7-4-3(6(9)11)1-2-10-5(4)8/h1-2H. The average molecular weight is 299 g/mol. The molecular weight excluding hydrogens is 297 g/mol. The summed E-state index contributed by atoms with van der Waals surface area (Å²) < 4.78 is 1.16. The summed E-state index contributed by atoms with van der Waals surface area (Å²) in [4.78, 5) is 14.6. The van der Waals surface area contributed by atoms with Crippen molar-refractivity contribution in [2.45, 2.75) is 0 Å². The van der Waals surface area contributed by atoms with Gasteiger partial charge in [-0.3, -0.25) is 4.79 Å². The zero-order valence-corrected chi connectivity index (χ0v) is 9.07. The minimum atomic E-state index is -0.500. The van der Waals surface area contributed by atoms with Gasteiger partial charge in [0.1, 0.15) is 4.60 Å². The summed E-state index contributed by atoms with van der Waals surface area (Å²) >= 11 is 11.6. The van der Waals surface area contributed by atoms with Gasteiger partial charge in [-0.25, -0.2) is 4.98 Å². The maximum Gasteiger partial charge on any atom is 0.253 e. The second-order valence-corrected chi connectivity index (χ2v) is 3.62. The zero-order chi connectivity index (χ0) is 8.43. The Morgan fingerprint density at radius 2 is 2.18 bits per heavy atom. The van der Waals surface area contributed by atoms with E-state index in [1.165, 1.54) is 6.20 Å². The van der Waals surface area contributed by atoms with E-state index in [2.05, 4.69) is 36.8 Å². The van der Waals surface area contributed by atoms with Crippen molar-refractivity contribution >= 4 is 48.7 Å². The first-order chi connectivity index (χ1) is 5.13. The maximum absolute atomic E-state index is 10.7. The summed E-state index contributed by atoms with van der Waals surface area (Å²) in [6.07, 6.45) is 1.50. The van der Waals surface area contributed by atoms with Crippen LogP contribution in [0, 0.1) is 0 Å². The van der Waals surface area contributed by atoms with Gasteiger partial charge in [0.25, 0.3) is 5.24 Å². The van der Waals surface area contributed by atoms with Crippen LogP contribution in [0.15, 0.2) is 21.3 Å². The van der Waals surface area contributed by atoms with Crippen molar-refractivity contribution in [2.24, 2.45) is 0 Å². The van der Waals surface area contributed by atoms with Crippen LogP contribution in [0.3, 0.4) is 0 Å². The van der Waals surface area contributed by atoms with Crippen LogP contribution in [0.4, 0.5) is 0 Å². The zero-order valence-electron chi connectivity index (χ0n) is 5.14. The van der Waals surface area contributed by atoms with Gasteiger partial charge in [-0.05, 0) is 49.5 Å². The van der Waals surface area contributed by atoms with Gasteiger partial charge in [-0.1, -0.05) is 0 Å². The lowest BCUT2D eigenvalue weighted by molar-refractivity contribution is 0.108. The Morgan fingerprint density at radius 1 is 1.55 bits per heavy atom. The number of aromatic nitrogens is 1. The topological polar surface area (TPSA) is 30.0 Å². The van der Waals surface area contributed by atoms with Gasteiger partial charge in [0.2, 0.25) is 0 Å². The van der Waals surface area contributed by atoms with Crippen molar-refractivity contribution < 1.29 is 4.79 Å². The Balaban J connectivity index is 3.27. The normalized spacial score (nSPS) is 9.73. The molecule has 0 unspecified atom stereocenters. The first-order valence-corrected chi connectivity index (χ1v) is 4.59. The molecule has 0 aliphatic heterocycles. The Kier molecular flexibility index (Phi) is 3.04. The molecule has 0 radical (unpaired) electrons. The monoisotopic (exact) mass is 297 g/mol. The van der Waals surface area contributed by atoms with Crippen LogP contribution in [-0.2, 0) is 0 Å². The molecule has 1 aromatic rings. The molecule has 0 fully saturated rings. The molecule has 0 aliphatic rings. The van der Waals surface area contributed by atoms with E-state index >= 15 is 0 Å². The van der Waals surface area contributed by atoms with Crippen LogP contribution < -0.4 is 0 Å². The molecule has 0 spiro atoms. The highest BCUT2D eigenvalue weighted by molar-refractivity contribution is 9.13. The minimum Gasteiger partial charge on any atom is -0.276 e. The number of carbonyl (C=O) groups excluding carboxylic acids is 1. The first-order valence-electron chi connectivity index (χ1n) is 2.62. The highest BCUT2D eigenvalue weighted by atomic mass is 79.9. The molecule has 0 amide bonds. The third-order valence-corrected chi connectivity index (χ3v) is 3.20. The number of hydrogen-bond donors (Lipinski definition) is 0. The lowest BCUT2D eigenvalue weighted by atomic mass is 10.3. The van der Waals surface area contributed by atoms with E-state index in [0.29, 0.717) is 14.6 Å². The molecule has 1 aromatic heterocycles. The highest BCUT2D eigenvalue weighted by Gasteiger charge is 2.09. The van der Waals surface area contributed by atoms with Crippen molar-refractivity contribution in [2.75, 3.05) is 0 Å². The molecule has 0 N–H and O–H groups in total. The van der Waals surface area contributed by atoms with Gasteiger partial charge in [0.05, 0.1) is 10.0 Å². The smallest absolute Gasteiger partial charge is 0.253 e. The van der Waals surface area contributed by atoms with E-state index in [1.807, 2.05) is 0 Å². The summed E-state index contributed by atoms with van der Waals surface area (Å²) in [5.41, 5.74) is 0.411. The van der Waals surface area contributed by atoms with Crippen molar-refractivity contribution in [1.82, 2.24) is 4.98 Å². The lowest BCUT2D eigenvalue weighted by Gasteiger charge is -1.98. The lowest BCUT2D eigenvalue weighted by Crippen LogP contribution is -1.92. The Morgan fingerprint density at radius 3 is 2.64 bits per heavy atom. The first kappa shape index (κ1) is 9.16. The molecule has 0 saturated heterocycles. The van der Waals surface area contributed by atoms with Gasteiger partial charge >= 0.3 is 0 Å². The predicted molar refractivity (Wildman–Crippen MR) is 49.8 cm³/mol. The van der Waals surface area contributed by atoms with E-state index in [0.717, 1.165) is 0 Å². The third kappa shape index (κ3) is 2.01. The molecule has 5 heteroatoms. The van der Waals surface area contributed by atoms with Crippen molar-refractivity contribution in [3.63, 3.8) is 0 Å². The summed E-state index contributed by atoms with van der Waals surface area (Å²) in [7, 11) is 0. The Bertz CT molecular complexity index is 303. The molecule has 11 heavy (non-hydrogen) atoms. The van der Waals surface area contributed by atoms with E-state index in [-0.39, 0.29) is 0 Å². The van der Waals surface area contributed by atoms with Crippen molar-refractivity contribution in [3.8, 4) is 0 Å². The molecular formula is C6H2Br2ClNO. The number of pyridine rings is 1. The van der Waals surface area contributed by atoms with Gasteiger partial charge in [0.15, 0.2) is 0 Å². The van der Waals surface area contributed by atoms with Crippen LogP contribution in [0.5, 0.6) is 0 Å². The molecule has 58 valence electrons. The van der Waals surface area contributed by atoms with Crippen LogP contribution in [0.2, 0.25) is 0 Å². The van der Waals surface area contributed by atoms with Gasteiger partial charge in [-0.2, -0.15) is 0 Å². The molecule has 2 nitrogen and oxygen atoms in total. The maximum atomic E-state index is 10.7. The highest BCUT2D eigenvalue weighted by Crippen LogP contribution is 2.25. The van der Waals surface area contributed by atoms with E-state index in [4.69, 9.17) is 11.6 Å². The molecule has 0 aromatic carbocycles. The van der Waals surface area contributed by atoms with Crippen LogP contribution in [0.1, 0.15) is 10.4 Å². The average Bonchev–Trinajstić information content (AvgIpc) is 1.94. The second-order valence-electron chi connectivity index (χ2n) is 1.74. The van der Waals surface area contributed by atoms with E-state index in [1.54, 1.807) is 6.07 Å². The predicted octanol–water partition coefficient (Wildman–Crippen LogP) is 2.99. The Labute approximate surface area is 85.2 Å². The second kappa shape index (κ2) is 3.65. The number of nitrogens with zero attached hydrogens (tertiary/aromatic N) is 1. The molecule has 0 atom stereocenters. The van der Waals surface area contributed by atoms with Crippen LogP contribution in [-0.4, -0.2) is 10.2 Å². The van der Waals surface area contributed by atoms with E-state index in [9.17, 15) is 4.79 Å². The fraction of sp³-hybridized carbons (Fsp3) is 0. The number of rotatable bonds is 1. The molecule has 1 rings (SSSR count). The summed E-state index contributed by atoms with van der Waals surface area (Å²) in [6.45, 7) is 0. The third-order valence-electron chi connectivity index (χ3n) is 1.06. The molecule has 0 aliphatic carbocycles. The molecule has 1 heterocycles. The summed E-state index contributed by atoms with van der Waals surface area (Å²) in [5.74, 6) is 0. The fourth-order valence-corrected chi connectivity index (χ4v) is 1.59. The van der Waals surface area contributed by atoms with Gasteiger partial charge < -0.3 is 0 Å². The molecule has 0 saturated carbocycles. The van der Waals surface area contributed by atoms with Crippen LogP contribution in [0.25, 0.3) is 0 Å².